The average Bonchev–Trinajstić information content (AvgIpc) is 2.40. The zero-order valence-electron chi connectivity index (χ0n) is 11.1. The summed E-state index contributed by atoms with van der Waals surface area (Å²) in [4.78, 5) is 0. The number of benzene rings is 2. The van der Waals surface area contributed by atoms with Crippen molar-refractivity contribution in [2.45, 2.75) is 25.0 Å². The Morgan fingerprint density at radius 2 is 1.47 bits per heavy atom. The Balaban J connectivity index is 1.82. The minimum absolute atomic E-state index is 0.526. The van der Waals surface area contributed by atoms with Crippen LogP contribution in [-0.4, -0.2) is 9.45 Å². The van der Waals surface area contributed by atoms with Crippen LogP contribution in [0.15, 0.2) is 60.7 Å². The van der Waals surface area contributed by atoms with Gasteiger partial charge in [0.05, 0.1) is 4.20 Å². The molecule has 0 bridgehead atoms. The van der Waals surface area contributed by atoms with Crippen molar-refractivity contribution in [3.8, 4) is 0 Å². The monoisotopic (exact) mass is 286 g/mol. The van der Waals surface area contributed by atoms with Crippen molar-refractivity contribution >= 4 is 28.2 Å². The highest BCUT2D eigenvalue weighted by Crippen LogP contribution is 2.20. The molecule has 2 aromatic carbocycles. The maximum Gasteiger partial charge on any atom is 0.0525 e. The normalized spacial score (nSPS) is 12.1. The van der Waals surface area contributed by atoms with E-state index in [1.807, 2.05) is 17.8 Å². The molecule has 0 N–H and O–H groups in total. The van der Waals surface area contributed by atoms with E-state index in [0.717, 1.165) is 17.0 Å². The first kappa shape index (κ1) is 14.3. The van der Waals surface area contributed by atoms with E-state index in [1.54, 1.807) is 0 Å². The Morgan fingerprint density at radius 3 is 2.05 bits per heavy atom. The maximum atomic E-state index is 5.49. The van der Waals surface area contributed by atoms with E-state index in [1.165, 1.54) is 11.1 Å². The summed E-state index contributed by atoms with van der Waals surface area (Å²) in [6, 6.07) is 21.0. The number of hydrogen-bond acceptors (Lipinski definition) is 2. The highest BCUT2D eigenvalue weighted by atomic mass is 32.2. The van der Waals surface area contributed by atoms with Gasteiger partial charge in [-0.3, -0.25) is 0 Å². The molecule has 0 nitrogen and oxygen atoms in total. The summed E-state index contributed by atoms with van der Waals surface area (Å²) >= 11 is 7.31. The highest BCUT2D eigenvalue weighted by Gasteiger charge is 2.08. The first-order valence-electron chi connectivity index (χ1n) is 6.51. The van der Waals surface area contributed by atoms with E-state index in [0.29, 0.717) is 5.25 Å². The largest absolute Gasteiger partial charge is 0.115 e. The molecular formula is C17H18S2. The smallest absolute Gasteiger partial charge is 0.0525 e. The van der Waals surface area contributed by atoms with Gasteiger partial charge in [-0.15, -0.1) is 11.8 Å². The third-order valence-corrected chi connectivity index (χ3v) is 4.30. The summed E-state index contributed by atoms with van der Waals surface area (Å²) < 4.78 is 1.08. The van der Waals surface area contributed by atoms with Crippen LogP contribution in [0, 0.1) is 0 Å². The lowest BCUT2D eigenvalue weighted by molar-refractivity contribution is 0.948. The van der Waals surface area contributed by atoms with Crippen LogP contribution in [0.1, 0.15) is 18.1 Å². The SMILES string of the molecule is CC(Cc1ccccc1)SC(=S)Cc1ccccc1. The van der Waals surface area contributed by atoms with Crippen molar-refractivity contribution in [2.75, 3.05) is 0 Å². The van der Waals surface area contributed by atoms with Crippen LogP contribution in [0.2, 0.25) is 0 Å². The maximum absolute atomic E-state index is 5.49. The summed E-state index contributed by atoms with van der Waals surface area (Å²) in [6.45, 7) is 2.24. The molecule has 1 atom stereocenters. The van der Waals surface area contributed by atoms with Crippen molar-refractivity contribution in [3.05, 3.63) is 71.8 Å². The van der Waals surface area contributed by atoms with E-state index >= 15 is 0 Å². The van der Waals surface area contributed by atoms with Gasteiger partial charge in [-0.25, -0.2) is 0 Å². The molecule has 98 valence electrons. The van der Waals surface area contributed by atoms with Crippen molar-refractivity contribution in [1.82, 2.24) is 0 Å². The highest BCUT2D eigenvalue weighted by molar-refractivity contribution is 8.23. The fraction of sp³-hybridized carbons (Fsp3) is 0.235. The molecule has 2 aromatic rings. The number of thiocarbonyl (C=S) groups is 1. The first-order valence-corrected chi connectivity index (χ1v) is 7.80. The average molecular weight is 286 g/mol. The Labute approximate surface area is 125 Å². The van der Waals surface area contributed by atoms with Crippen LogP contribution in [0.3, 0.4) is 0 Å². The van der Waals surface area contributed by atoms with Crippen LogP contribution in [-0.2, 0) is 12.8 Å². The topological polar surface area (TPSA) is 0 Å². The van der Waals surface area contributed by atoms with Gasteiger partial charge in [0.25, 0.3) is 0 Å². The summed E-state index contributed by atoms with van der Waals surface area (Å²) in [5, 5.41) is 0.526. The van der Waals surface area contributed by atoms with Gasteiger partial charge in [0.2, 0.25) is 0 Å². The molecule has 0 heterocycles. The van der Waals surface area contributed by atoms with Crippen molar-refractivity contribution in [2.24, 2.45) is 0 Å². The molecule has 0 radical (unpaired) electrons. The van der Waals surface area contributed by atoms with Gasteiger partial charge in [-0.1, -0.05) is 79.8 Å². The second-order valence-electron chi connectivity index (χ2n) is 4.65. The number of hydrogen-bond donors (Lipinski definition) is 0. The second kappa shape index (κ2) is 7.46. The lowest BCUT2D eigenvalue weighted by atomic mass is 10.1. The predicted octanol–water partition coefficient (Wildman–Crippen LogP) is 4.92. The van der Waals surface area contributed by atoms with Gasteiger partial charge in [-0.05, 0) is 17.5 Å². The van der Waals surface area contributed by atoms with E-state index in [9.17, 15) is 0 Å². The zero-order valence-corrected chi connectivity index (χ0v) is 12.7. The van der Waals surface area contributed by atoms with Crippen LogP contribution >= 0.6 is 24.0 Å². The fourth-order valence-corrected chi connectivity index (χ4v) is 3.65. The molecule has 0 aliphatic carbocycles. The molecule has 0 aliphatic rings. The quantitative estimate of drug-likeness (QED) is 0.715. The van der Waals surface area contributed by atoms with E-state index in [-0.39, 0.29) is 0 Å². The van der Waals surface area contributed by atoms with Crippen molar-refractivity contribution in [1.29, 1.82) is 0 Å². The van der Waals surface area contributed by atoms with Gasteiger partial charge in [-0.2, -0.15) is 0 Å². The molecule has 0 saturated carbocycles. The molecule has 1 unspecified atom stereocenters. The molecule has 2 rings (SSSR count). The van der Waals surface area contributed by atoms with Crippen molar-refractivity contribution < 1.29 is 0 Å². The standard InChI is InChI=1S/C17H18S2/c1-14(12-15-8-4-2-5-9-15)19-17(18)13-16-10-6-3-7-11-16/h2-11,14H,12-13H2,1H3. The van der Waals surface area contributed by atoms with Crippen molar-refractivity contribution in [3.63, 3.8) is 0 Å². The minimum Gasteiger partial charge on any atom is -0.115 e. The van der Waals surface area contributed by atoms with E-state index in [2.05, 4.69) is 61.5 Å². The van der Waals surface area contributed by atoms with Crippen LogP contribution in [0.5, 0.6) is 0 Å². The molecular weight excluding hydrogens is 268 g/mol. The molecule has 0 amide bonds. The predicted molar refractivity (Wildman–Crippen MR) is 89.9 cm³/mol. The summed E-state index contributed by atoms with van der Waals surface area (Å²) in [7, 11) is 0. The van der Waals surface area contributed by atoms with Gasteiger partial charge >= 0.3 is 0 Å². The minimum atomic E-state index is 0.526. The Hall–Kier alpha value is -1.12. The van der Waals surface area contributed by atoms with E-state index < -0.39 is 0 Å². The number of rotatable bonds is 5. The van der Waals surface area contributed by atoms with Gasteiger partial charge in [0, 0.05) is 11.7 Å². The molecule has 0 aliphatic heterocycles. The number of thioether (sulfide) groups is 1. The molecule has 2 heteroatoms. The lowest BCUT2D eigenvalue weighted by Gasteiger charge is -2.12. The summed E-state index contributed by atoms with van der Waals surface area (Å²) in [5.41, 5.74) is 2.68. The third-order valence-electron chi connectivity index (χ3n) is 2.89. The Morgan fingerprint density at radius 1 is 0.947 bits per heavy atom. The molecule has 19 heavy (non-hydrogen) atoms. The molecule has 0 spiro atoms. The molecule has 0 saturated heterocycles. The van der Waals surface area contributed by atoms with Gasteiger partial charge in [0.15, 0.2) is 0 Å². The molecule has 0 aromatic heterocycles. The Bertz CT molecular complexity index is 505. The van der Waals surface area contributed by atoms with Crippen LogP contribution in [0.4, 0.5) is 0 Å². The zero-order chi connectivity index (χ0) is 13.5. The van der Waals surface area contributed by atoms with E-state index in [4.69, 9.17) is 12.2 Å². The van der Waals surface area contributed by atoms with Gasteiger partial charge < -0.3 is 0 Å². The lowest BCUT2D eigenvalue weighted by Crippen LogP contribution is -2.06. The molecule has 0 fully saturated rings. The first-order chi connectivity index (χ1) is 9.24. The summed E-state index contributed by atoms with van der Waals surface area (Å²) in [6.07, 6.45) is 1.96. The third kappa shape index (κ3) is 5.17. The summed E-state index contributed by atoms with van der Waals surface area (Å²) in [5.74, 6) is 0. The van der Waals surface area contributed by atoms with Crippen LogP contribution < -0.4 is 0 Å². The second-order valence-corrected chi connectivity index (χ2v) is 6.94. The van der Waals surface area contributed by atoms with Crippen LogP contribution in [0.25, 0.3) is 0 Å². The Kier molecular flexibility index (Phi) is 5.62. The fourth-order valence-electron chi connectivity index (χ4n) is 2.02. The van der Waals surface area contributed by atoms with Gasteiger partial charge in [0.1, 0.15) is 0 Å².